The molecule has 0 amide bonds. The second-order valence-corrected chi connectivity index (χ2v) is 6.57. The smallest absolute Gasteiger partial charge is 0.248 e. The summed E-state index contributed by atoms with van der Waals surface area (Å²) in [5, 5.41) is 0. The Morgan fingerprint density at radius 2 is 2.11 bits per heavy atom. The van der Waals surface area contributed by atoms with Crippen LogP contribution < -0.4 is 10.3 Å². The Morgan fingerprint density at radius 1 is 1.37 bits per heavy atom. The lowest BCUT2D eigenvalue weighted by Gasteiger charge is -2.21. The Morgan fingerprint density at radius 3 is 2.79 bits per heavy atom. The predicted molar refractivity (Wildman–Crippen MR) is 71.2 cm³/mol. The van der Waals surface area contributed by atoms with Crippen molar-refractivity contribution in [3.05, 3.63) is 34.2 Å². The van der Waals surface area contributed by atoms with E-state index in [2.05, 4.69) is 9.71 Å². The lowest BCUT2D eigenvalue weighted by atomic mass is 10.0. The Hall–Kier alpha value is -1.18. The zero-order chi connectivity index (χ0) is 13.7. The second-order valence-electron chi connectivity index (χ2n) is 4.72. The molecule has 6 nitrogen and oxygen atoms in total. The molecule has 2 N–H and O–H groups in total. The third-order valence-corrected chi connectivity index (χ3v) is 4.63. The van der Waals surface area contributed by atoms with Crippen LogP contribution >= 0.6 is 0 Å². The fourth-order valence-corrected chi connectivity index (χ4v) is 3.53. The van der Waals surface area contributed by atoms with Crippen LogP contribution in [0, 0.1) is 5.92 Å². The highest BCUT2D eigenvalue weighted by atomic mass is 32.2. The van der Waals surface area contributed by atoms with Gasteiger partial charge in [0.25, 0.3) is 0 Å². The highest BCUT2D eigenvalue weighted by Crippen LogP contribution is 2.16. The molecule has 0 spiro atoms. The van der Waals surface area contributed by atoms with Crippen LogP contribution in [-0.4, -0.2) is 32.4 Å². The topological polar surface area (TPSA) is 88.3 Å². The average Bonchev–Trinajstić information content (AvgIpc) is 2.37. The van der Waals surface area contributed by atoms with Crippen molar-refractivity contribution < 1.29 is 13.2 Å². The van der Waals surface area contributed by atoms with E-state index in [0.717, 1.165) is 12.8 Å². The van der Waals surface area contributed by atoms with Gasteiger partial charge in [0.1, 0.15) is 0 Å². The Kier molecular flexibility index (Phi) is 4.73. The van der Waals surface area contributed by atoms with Crippen LogP contribution in [0.4, 0.5) is 0 Å². The second kappa shape index (κ2) is 6.31. The van der Waals surface area contributed by atoms with Crippen LogP contribution in [0.1, 0.15) is 18.4 Å². The molecule has 1 aliphatic rings. The molecular formula is C12H18N2O4S. The number of nitrogens with one attached hydrogen (secondary N) is 2. The fraction of sp³-hybridized carbons (Fsp3) is 0.583. The van der Waals surface area contributed by atoms with E-state index < -0.39 is 10.0 Å². The van der Waals surface area contributed by atoms with Gasteiger partial charge in [-0.1, -0.05) is 0 Å². The summed E-state index contributed by atoms with van der Waals surface area (Å²) in [6, 6.07) is 3.06. The first-order valence-electron chi connectivity index (χ1n) is 6.28. The first-order chi connectivity index (χ1) is 9.05. The molecule has 0 bridgehead atoms. The fourth-order valence-electron chi connectivity index (χ4n) is 2.07. The van der Waals surface area contributed by atoms with E-state index in [0.29, 0.717) is 18.8 Å². The molecule has 1 aromatic rings. The standard InChI is InChI=1S/C12H18N2O4S/c15-12-7-11(1-4-13-12)8-14-19(16,17)9-10-2-5-18-6-3-10/h1,4,7,10,14H,2-3,5-6,8-9H2,(H,13,15). The van der Waals surface area contributed by atoms with Crippen LogP contribution in [0.25, 0.3) is 0 Å². The molecular weight excluding hydrogens is 268 g/mol. The number of H-pyrrole nitrogens is 1. The maximum Gasteiger partial charge on any atom is 0.248 e. The normalized spacial score (nSPS) is 17.5. The number of aromatic nitrogens is 1. The van der Waals surface area contributed by atoms with Crippen LogP contribution in [0.5, 0.6) is 0 Å². The summed E-state index contributed by atoms with van der Waals surface area (Å²) in [6.07, 6.45) is 3.07. The number of hydrogen-bond acceptors (Lipinski definition) is 4. The first kappa shape index (κ1) is 14.2. The molecule has 0 aliphatic carbocycles. The van der Waals surface area contributed by atoms with E-state index >= 15 is 0 Å². The highest BCUT2D eigenvalue weighted by molar-refractivity contribution is 7.89. The summed E-state index contributed by atoms with van der Waals surface area (Å²) >= 11 is 0. The van der Waals surface area contributed by atoms with Gasteiger partial charge >= 0.3 is 0 Å². The van der Waals surface area contributed by atoms with E-state index in [1.54, 1.807) is 6.07 Å². The molecule has 2 rings (SSSR count). The first-order valence-corrected chi connectivity index (χ1v) is 7.93. The summed E-state index contributed by atoms with van der Waals surface area (Å²) < 4.78 is 31.6. The summed E-state index contributed by atoms with van der Waals surface area (Å²) in [5.74, 6) is 0.282. The number of sulfonamides is 1. The molecule has 1 aliphatic heterocycles. The third kappa shape index (κ3) is 4.77. The van der Waals surface area contributed by atoms with Crippen molar-refractivity contribution in [2.24, 2.45) is 5.92 Å². The van der Waals surface area contributed by atoms with Gasteiger partial charge in [-0.05, 0) is 30.4 Å². The third-order valence-electron chi connectivity index (χ3n) is 3.13. The van der Waals surface area contributed by atoms with Gasteiger partial charge in [-0.15, -0.1) is 0 Å². The number of hydrogen-bond donors (Lipinski definition) is 2. The number of rotatable bonds is 5. The number of ether oxygens (including phenoxy) is 1. The van der Waals surface area contributed by atoms with Crippen molar-refractivity contribution >= 4 is 10.0 Å². The van der Waals surface area contributed by atoms with Crippen molar-refractivity contribution in [3.63, 3.8) is 0 Å². The molecule has 1 saturated heterocycles. The van der Waals surface area contributed by atoms with Gasteiger partial charge in [-0.2, -0.15) is 0 Å². The lowest BCUT2D eigenvalue weighted by Crippen LogP contribution is -2.32. The minimum Gasteiger partial charge on any atom is -0.381 e. The Balaban J connectivity index is 1.88. The molecule has 106 valence electrons. The molecule has 0 unspecified atom stereocenters. The number of pyridine rings is 1. The van der Waals surface area contributed by atoms with Crippen molar-refractivity contribution in [1.82, 2.24) is 9.71 Å². The molecule has 19 heavy (non-hydrogen) atoms. The monoisotopic (exact) mass is 286 g/mol. The molecule has 2 heterocycles. The maximum absolute atomic E-state index is 11.9. The molecule has 1 fully saturated rings. The largest absolute Gasteiger partial charge is 0.381 e. The van der Waals surface area contributed by atoms with Crippen LogP contribution in [0.2, 0.25) is 0 Å². The van der Waals surface area contributed by atoms with Gasteiger partial charge < -0.3 is 9.72 Å². The van der Waals surface area contributed by atoms with E-state index in [9.17, 15) is 13.2 Å². The Labute approximate surface area is 112 Å². The molecule has 7 heteroatoms. The highest BCUT2D eigenvalue weighted by Gasteiger charge is 2.21. The number of aromatic amines is 1. The summed E-state index contributed by atoms with van der Waals surface area (Å²) in [4.78, 5) is 13.6. The molecule has 0 saturated carbocycles. The van der Waals surface area contributed by atoms with E-state index in [4.69, 9.17) is 4.74 Å². The molecule has 0 radical (unpaired) electrons. The van der Waals surface area contributed by atoms with Gasteiger partial charge in [0, 0.05) is 32.0 Å². The zero-order valence-corrected chi connectivity index (χ0v) is 11.4. The van der Waals surface area contributed by atoms with Crippen molar-refractivity contribution in [2.75, 3.05) is 19.0 Å². The van der Waals surface area contributed by atoms with Crippen LogP contribution in [-0.2, 0) is 21.3 Å². The average molecular weight is 286 g/mol. The van der Waals surface area contributed by atoms with E-state index in [-0.39, 0.29) is 23.8 Å². The molecule has 0 atom stereocenters. The summed E-state index contributed by atoms with van der Waals surface area (Å²) in [5.41, 5.74) is 0.417. The van der Waals surface area contributed by atoms with E-state index in [1.165, 1.54) is 12.3 Å². The zero-order valence-electron chi connectivity index (χ0n) is 10.6. The predicted octanol–water partition coefficient (Wildman–Crippen LogP) is 0.221. The van der Waals surface area contributed by atoms with E-state index in [1.807, 2.05) is 0 Å². The van der Waals surface area contributed by atoms with Gasteiger partial charge in [-0.25, -0.2) is 13.1 Å². The van der Waals surface area contributed by atoms with Crippen LogP contribution in [0.15, 0.2) is 23.1 Å². The lowest BCUT2D eigenvalue weighted by molar-refractivity contribution is 0.0723. The van der Waals surface area contributed by atoms with Crippen LogP contribution in [0.3, 0.4) is 0 Å². The van der Waals surface area contributed by atoms with Gasteiger partial charge in [-0.3, -0.25) is 4.79 Å². The minimum absolute atomic E-state index is 0.125. The van der Waals surface area contributed by atoms with Gasteiger partial charge in [0.05, 0.1) is 5.75 Å². The van der Waals surface area contributed by atoms with Crippen molar-refractivity contribution in [1.29, 1.82) is 0 Å². The molecule has 0 aromatic carbocycles. The van der Waals surface area contributed by atoms with Crippen molar-refractivity contribution in [2.45, 2.75) is 19.4 Å². The summed E-state index contributed by atoms with van der Waals surface area (Å²) in [6.45, 7) is 1.41. The van der Waals surface area contributed by atoms with Gasteiger partial charge in [0.2, 0.25) is 15.6 Å². The van der Waals surface area contributed by atoms with Crippen molar-refractivity contribution in [3.8, 4) is 0 Å². The minimum atomic E-state index is -3.31. The maximum atomic E-state index is 11.9. The quantitative estimate of drug-likeness (QED) is 0.810. The Bertz CT molecular complexity index is 561. The summed E-state index contributed by atoms with van der Waals surface area (Å²) in [7, 11) is -3.31. The SMILES string of the molecule is O=c1cc(CNS(=O)(=O)CC2CCOCC2)cc[nH]1. The molecule has 1 aromatic heterocycles. The van der Waals surface area contributed by atoms with Gasteiger partial charge in [0.15, 0.2) is 0 Å².